The maximum absolute atomic E-state index is 13.0. The first kappa shape index (κ1) is 11.3. The van der Waals surface area contributed by atoms with Crippen molar-refractivity contribution in [1.82, 2.24) is 9.88 Å². The fourth-order valence-corrected chi connectivity index (χ4v) is 2.17. The van der Waals surface area contributed by atoms with E-state index in [0.29, 0.717) is 12.1 Å². The molecule has 2 rings (SSSR count). The monoisotopic (exact) mass is 223 g/mol. The quantitative estimate of drug-likeness (QED) is 0.676. The van der Waals surface area contributed by atoms with Gasteiger partial charge >= 0.3 is 0 Å². The van der Waals surface area contributed by atoms with Crippen molar-refractivity contribution in [1.29, 1.82) is 0 Å². The van der Waals surface area contributed by atoms with Gasteiger partial charge in [0.15, 0.2) is 0 Å². The highest BCUT2D eigenvalue weighted by molar-refractivity contribution is 5.39. The predicted octanol–water partition coefficient (Wildman–Crippen LogP) is 1.75. The Morgan fingerprint density at radius 3 is 2.44 bits per heavy atom. The molecule has 0 aliphatic carbocycles. The molecule has 0 amide bonds. The van der Waals surface area contributed by atoms with Gasteiger partial charge in [0.25, 0.3) is 0 Å². The van der Waals surface area contributed by atoms with E-state index in [1.54, 1.807) is 6.07 Å². The number of rotatable bonds is 1. The van der Waals surface area contributed by atoms with Gasteiger partial charge in [0.05, 0.1) is 0 Å². The average molecular weight is 223 g/mol. The molecule has 1 aromatic heterocycles. The molecule has 4 heteroatoms. The lowest BCUT2D eigenvalue weighted by atomic mass is 10.1. The summed E-state index contributed by atoms with van der Waals surface area (Å²) in [5.74, 6) is 0.337. The lowest BCUT2D eigenvalue weighted by Gasteiger charge is -2.42. The number of anilines is 1. The molecule has 0 bridgehead atoms. The number of piperazine rings is 1. The van der Waals surface area contributed by atoms with Crippen molar-refractivity contribution in [2.45, 2.75) is 25.9 Å². The molecule has 0 saturated carbocycles. The van der Waals surface area contributed by atoms with Crippen LogP contribution in [0, 0.1) is 5.95 Å². The van der Waals surface area contributed by atoms with Gasteiger partial charge in [0.2, 0.25) is 5.95 Å². The van der Waals surface area contributed by atoms with Gasteiger partial charge < -0.3 is 4.90 Å². The van der Waals surface area contributed by atoms with Crippen LogP contribution < -0.4 is 4.90 Å². The Bertz CT molecular complexity index is 357. The molecule has 0 spiro atoms. The van der Waals surface area contributed by atoms with Crippen LogP contribution in [-0.4, -0.2) is 42.1 Å². The minimum absolute atomic E-state index is 0.406. The molecular formula is C12H18FN3. The SMILES string of the molecule is CC1CN(c2cccc(F)n2)CC(C)N1C. The second-order valence-corrected chi connectivity index (χ2v) is 4.59. The first-order chi connectivity index (χ1) is 7.58. The van der Waals surface area contributed by atoms with E-state index < -0.39 is 5.95 Å². The van der Waals surface area contributed by atoms with Crippen molar-refractivity contribution in [3.05, 3.63) is 24.1 Å². The van der Waals surface area contributed by atoms with Crippen LogP contribution in [0.25, 0.3) is 0 Å². The van der Waals surface area contributed by atoms with E-state index in [9.17, 15) is 4.39 Å². The number of likely N-dealkylation sites (N-methyl/N-ethyl adjacent to an activating group) is 1. The lowest BCUT2D eigenvalue weighted by molar-refractivity contribution is 0.169. The Kier molecular flexibility index (Phi) is 3.10. The fourth-order valence-electron chi connectivity index (χ4n) is 2.17. The van der Waals surface area contributed by atoms with E-state index in [1.165, 1.54) is 6.07 Å². The second kappa shape index (κ2) is 4.37. The number of halogens is 1. The van der Waals surface area contributed by atoms with Gasteiger partial charge in [-0.15, -0.1) is 0 Å². The van der Waals surface area contributed by atoms with Crippen LogP contribution in [0.4, 0.5) is 10.2 Å². The van der Waals surface area contributed by atoms with E-state index in [4.69, 9.17) is 0 Å². The summed E-state index contributed by atoms with van der Waals surface area (Å²) in [4.78, 5) is 8.43. The van der Waals surface area contributed by atoms with Crippen LogP contribution in [0.1, 0.15) is 13.8 Å². The van der Waals surface area contributed by atoms with E-state index >= 15 is 0 Å². The predicted molar refractivity (Wildman–Crippen MR) is 63.1 cm³/mol. The zero-order valence-electron chi connectivity index (χ0n) is 10.0. The van der Waals surface area contributed by atoms with E-state index in [0.717, 1.165) is 18.9 Å². The van der Waals surface area contributed by atoms with Crippen LogP contribution in [0.2, 0.25) is 0 Å². The van der Waals surface area contributed by atoms with Crippen LogP contribution in [0.15, 0.2) is 18.2 Å². The van der Waals surface area contributed by atoms with Gasteiger partial charge in [0.1, 0.15) is 5.82 Å². The fraction of sp³-hybridized carbons (Fsp3) is 0.583. The van der Waals surface area contributed by atoms with Crippen LogP contribution >= 0.6 is 0 Å². The van der Waals surface area contributed by atoms with Crippen molar-refractivity contribution >= 4 is 5.82 Å². The third-order valence-electron chi connectivity index (χ3n) is 3.38. The molecule has 0 aromatic carbocycles. The molecular weight excluding hydrogens is 205 g/mol. The highest BCUT2D eigenvalue weighted by Gasteiger charge is 2.27. The minimum Gasteiger partial charge on any atom is -0.353 e. The summed E-state index contributed by atoms with van der Waals surface area (Å²) in [6, 6.07) is 5.90. The molecule has 88 valence electrons. The summed E-state index contributed by atoms with van der Waals surface area (Å²) in [6.45, 7) is 6.17. The van der Waals surface area contributed by atoms with Crippen molar-refractivity contribution in [3.8, 4) is 0 Å². The van der Waals surface area contributed by atoms with Gasteiger partial charge in [-0.3, -0.25) is 4.90 Å². The molecule has 1 saturated heterocycles. The van der Waals surface area contributed by atoms with Gasteiger partial charge in [0, 0.05) is 25.2 Å². The molecule has 2 heterocycles. The molecule has 1 aromatic rings. The zero-order valence-corrected chi connectivity index (χ0v) is 10.0. The van der Waals surface area contributed by atoms with E-state index in [1.807, 2.05) is 6.07 Å². The molecule has 0 N–H and O–H groups in total. The van der Waals surface area contributed by atoms with Crippen LogP contribution in [0.5, 0.6) is 0 Å². The van der Waals surface area contributed by atoms with Crippen molar-refractivity contribution < 1.29 is 4.39 Å². The third-order valence-corrected chi connectivity index (χ3v) is 3.38. The maximum atomic E-state index is 13.0. The Morgan fingerprint density at radius 1 is 1.25 bits per heavy atom. The third kappa shape index (κ3) is 2.16. The maximum Gasteiger partial charge on any atom is 0.214 e. The second-order valence-electron chi connectivity index (χ2n) is 4.59. The van der Waals surface area contributed by atoms with Crippen LogP contribution in [0.3, 0.4) is 0 Å². The Hall–Kier alpha value is -1.16. The number of aromatic nitrogens is 1. The smallest absolute Gasteiger partial charge is 0.214 e. The summed E-state index contributed by atoms with van der Waals surface area (Å²) in [6.07, 6.45) is 0. The van der Waals surface area contributed by atoms with Crippen molar-refractivity contribution in [3.63, 3.8) is 0 Å². The van der Waals surface area contributed by atoms with Gasteiger partial charge in [-0.25, -0.2) is 4.98 Å². The standard InChI is InChI=1S/C12H18FN3/c1-9-7-16(8-10(2)15(9)3)12-6-4-5-11(13)14-12/h4-6,9-10H,7-8H2,1-3H3. The molecule has 3 nitrogen and oxygen atoms in total. The molecule has 1 fully saturated rings. The summed E-state index contributed by atoms with van der Waals surface area (Å²) in [5.41, 5.74) is 0. The number of hydrogen-bond donors (Lipinski definition) is 0. The lowest BCUT2D eigenvalue weighted by Crippen LogP contribution is -2.55. The average Bonchev–Trinajstić information content (AvgIpc) is 2.25. The summed E-state index contributed by atoms with van der Waals surface area (Å²) in [7, 11) is 2.13. The summed E-state index contributed by atoms with van der Waals surface area (Å²) in [5, 5.41) is 0. The van der Waals surface area contributed by atoms with E-state index in [2.05, 4.69) is 35.7 Å². The molecule has 0 radical (unpaired) electrons. The van der Waals surface area contributed by atoms with Gasteiger partial charge in [-0.05, 0) is 33.0 Å². The Labute approximate surface area is 95.9 Å². The molecule has 2 unspecified atom stereocenters. The van der Waals surface area contributed by atoms with Gasteiger partial charge in [-0.2, -0.15) is 4.39 Å². The normalized spacial score (nSPS) is 27.1. The Morgan fingerprint density at radius 2 is 1.88 bits per heavy atom. The molecule has 1 aliphatic rings. The first-order valence-corrected chi connectivity index (χ1v) is 5.67. The summed E-state index contributed by atoms with van der Waals surface area (Å²) < 4.78 is 13.0. The zero-order chi connectivity index (χ0) is 11.7. The van der Waals surface area contributed by atoms with Crippen molar-refractivity contribution in [2.24, 2.45) is 0 Å². The highest BCUT2D eigenvalue weighted by atomic mass is 19.1. The van der Waals surface area contributed by atoms with Gasteiger partial charge in [-0.1, -0.05) is 6.07 Å². The number of hydrogen-bond acceptors (Lipinski definition) is 3. The van der Waals surface area contributed by atoms with Crippen LogP contribution in [-0.2, 0) is 0 Å². The highest BCUT2D eigenvalue weighted by Crippen LogP contribution is 2.19. The largest absolute Gasteiger partial charge is 0.353 e. The molecule has 16 heavy (non-hydrogen) atoms. The first-order valence-electron chi connectivity index (χ1n) is 5.67. The topological polar surface area (TPSA) is 19.4 Å². The van der Waals surface area contributed by atoms with Crippen molar-refractivity contribution in [2.75, 3.05) is 25.0 Å². The Balaban J connectivity index is 2.17. The summed E-state index contributed by atoms with van der Waals surface area (Å²) >= 11 is 0. The number of nitrogens with zero attached hydrogens (tertiary/aromatic N) is 3. The number of pyridine rings is 1. The molecule has 2 atom stereocenters. The molecule has 1 aliphatic heterocycles. The van der Waals surface area contributed by atoms with E-state index in [-0.39, 0.29) is 0 Å². The minimum atomic E-state index is -0.406.